The number of oxime groups is 1. The van der Waals surface area contributed by atoms with Gasteiger partial charge in [-0.2, -0.15) is 0 Å². The van der Waals surface area contributed by atoms with E-state index in [1.54, 1.807) is 25.1 Å². The molecule has 6 N–H and O–H groups in total. The molecular formula is C13H17N3O5. The van der Waals surface area contributed by atoms with Crippen LogP contribution in [0.25, 0.3) is 11.0 Å². The van der Waals surface area contributed by atoms with Crippen LogP contribution in [0.15, 0.2) is 23.4 Å². The normalized spacial score (nSPS) is 16.9. The van der Waals surface area contributed by atoms with E-state index in [1.165, 1.54) is 0 Å². The second-order valence-electron chi connectivity index (χ2n) is 4.73. The molecule has 21 heavy (non-hydrogen) atoms. The van der Waals surface area contributed by atoms with Crippen molar-refractivity contribution in [3.63, 3.8) is 0 Å². The molecule has 0 aliphatic heterocycles. The highest BCUT2D eigenvalue weighted by molar-refractivity contribution is 5.97. The molecule has 2 rings (SSSR count). The van der Waals surface area contributed by atoms with Gasteiger partial charge in [-0.1, -0.05) is 11.2 Å². The van der Waals surface area contributed by atoms with Crippen LogP contribution in [0.4, 0.5) is 0 Å². The number of aliphatic hydroxyl groups excluding tert-OH is 4. The quantitative estimate of drug-likeness (QED) is 0.250. The fourth-order valence-corrected chi connectivity index (χ4v) is 1.95. The topological polar surface area (TPSA) is 142 Å². The molecule has 0 radical (unpaired) electrons. The smallest absolute Gasteiger partial charge is 0.156 e. The number of aromatic amines is 1. The number of rotatable bonds is 5. The van der Waals surface area contributed by atoms with E-state index in [9.17, 15) is 15.3 Å². The minimum Gasteiger partial charge on any atom is -0.411 e. The van der Waals surface area contributed by atoms with E-state index in [0.29, 0.717) is 28.1 Å². The van der Waals surface area contributed by atoms with Crippen LogP contribution in [-0.2, 0) is 0 Å². The molecule has 0 saturated heterocycles. The van der Waals surface area contributed by atoms with E-state index in [2.05, 4.69) is 15.1 Å². The third-order valence-corrected chi connectivity index (χ3v) is 3.24. The Hall–Kier alpha value is -2.00. The van der Waals surface area contributed by atoms with Gasteiger partial charge in [0.1, 0.15) is 24.0 Å². The Labute approximate surface area is 120 Å². The van der Waals surface area contributed by atoms with E-state index in [0.717, 1.165) is 0 Å². The van der Waals surface area contributed by atoms with Crippen molar-refractivity contribution in [2.75, 3.05) is 6.61 Å². The van der Waals surface area contributed by atoms with Crippen molar-refractivity contribution in [2.24, 2.45) is 5.16 Å². The first-order valence-electron chi connectivity index (χ1n) is 6.31. The highest BCUT2D eigenvalue weighted by atomic mass is 16.4. The number of H-pyrrole nitrogens is 1. The lowest BCUT2D eigenvalue weighted by atomic mass is 10.0. The Kier molecular flexibility index (Phi) is 4.53. The van der Waals surface area contributed by atoms with Crippen LogP contribution in [0, 0.1) is 0 Å². The Morgan fingerprint density at radius 2 is 2.05 bits per heavy atom. The van der Waals surface area contributed by atoms with Gasteiger partial charge in [0, 0.05) is 0 Å². The summed E-state index contributed by atoms with van der Waals surface area (Å²) in [6.07, 6.45) is -4.29. The Bertz CT molecular complexity index is 654. The molecule has 8 nitrogen and oxygen atoms in total. The molecule has 0 bridgehead atoms. The van der Waals surface area contributed by atoms with E-state index in [4.69, 9.17) is 10.3 Å². The molecule has 2 aromatic rings. The molecule has 0 saturated carbocycles. The molecule has 1 heterocycles. The van der Waals surface area contributed by atoms with Gasteiger partial charge < -0.3 is 30.6 Å². The number of nitrogens with zero attached hydrogens (tertiary/aromatic N) is 2. The Morgan fingerprint density at radius 1 is 1.33 bits per heavy atom. The third-order valence-electron chi connectivity index (χ3n) is 3.24. The summed E-state index contributed by atoms with van der Waals surface area (Å²) in [6.45, 7) is 0.926. The summed E-state index contributed by atoms with van der Waals surface area (Å²) in [5, 5.41) is 49.6. The molecule has 0 amide bonds. The summed E-state index contributed by atoms with van der Waals surface area (Å²) in [5.74, 6) is 0.384. The van der Waals surface area contributed by atoms with Crippen LogP contribution in [0.2, 0.25) is 0 Å². The zero-order valence-corrected chi connectivity index (χ0v) is 11.3. The summed E-state index contributed by atoms with van der Waals surface area (Å²) >= 11 is 0. The lowest BCUT2D eigenvalue weighted by Gasteiger charge is -2.21. The van der Waals surface area contributed by atoms with Gasteiger partial charge in [-0.3, -0.25) is 0 Å². The highest BCUT2D eigenvalue weighted by Crippen LogP contribution is 2.23. The first kappa shape index (κ1) is 15.4. The number of aliphatic hydroxyl groups is 4. The SMILES string of the molecule is C/C(=N\O)c1nc2ccc([C@@H](O)[C@H](O)[C@H](O)CO)cc2[nH]1. The maximum atomic E-state index is 9.99. The summed E-state index contributed by atoms with van der Waals surface area (Å²) in [5.41, 5.74) is 1.84. The van der Waals surface area contributed by atoms with Gasteiger partial charge in [0.2, 0.25) is 0 Å². The minimum atomic E-state index is -1.50. The predicted molar refractivity (Wildman–Crippen MR) is 74.2 cm³/mol. The molecule has 114 valence electrons. The van der Waals surface area contributed by atoms with Gasteiger partial charge in [0.15, 0.2) is 5.82 Å². The zero-order chi connectivity index (χ0) is 15.6. The van der Waals surface area contributed by atoms with Gasteiger partial charge in [0.05, 0.1) is 17.6 Å². The maximum Gasteiger partial charge on any atom is 0.156 e. The summed E-state index contributed by atoms with van der Waals surface area (Å²) in [4.78, 5) is 7.12. The number of hydrogen-bond acceptors (Lipinski definition) is 7. The monoisotopic (exact) mass is 295 g/mol. The first-order valence-corrected chi connectivity index (χ1v) is 6.31. The van der Waals surface area contributed by atoms with Crippen LogP contribution >= 0.6 is 0 Å². The number of aromatic nitrogens is 2. The average molecular weight is 295 g/mol. The lowest BCUT2D eigenvalue weighted by Crippen LogP contribution is -2.34. The Morgan fingerprint density at radius 3 is 2.67 bits per heavy atom. The van der Waals surface area contributed by atoms with Crippen molar-refractivity contribution in [1.82, 2.24) is 9.97 Å². The summed E-state index contributed by atoms with van der Waals surface area (Å²) in [7, 11) is 0. The number of benzene rings is 1. The van der Waals surface area contributed by atoms with Gasteiger partial charge >= 0.3 is 0 Å². The first-order chi connectivity index (χ1) is 9.97. The largest absolute Gasteiger partial charge is 0.411 e. The standard InChI is InChI=1S/C13H17N3O5/c1-6(16-21)13-14-8-3-2-7(4-9(8)15-13)11(19)12(20)10(18)5-17/h2-4,10-12,17-21H,5H2,1H3,(H,14,15)/b16-6+/t10-,11-,12-/m1/s1. The van der Waals surface area contributed by atoms with Gasteiger partial charge in [-0.25, -0.2) is 4.98 Å². The van der Waals surface area contributed by atoms with Crippen LogP contribution < -0.4 is 0 Å². The van der Waals surface area contributed by atoms with E-state index in [1.807, 2.05) is 0 Å². The van der Waals surface area contributed by atoms with Crippen LogP contribution in [0.3, 0.4) is 0 Å². The molecule has 1 aromatic heterocycles. The van der Waals surface area contributed by atoms with Gasteiger partial charge in [-0.15, -0.1) is 0 Å². The molecule has 0 aliphatic carbocycles. The zero-order valence-electron chi connectivity index (χ0n) is 11.3. The van der Waals surface area contributed by atoms with E-state index >= 15 is 0 Å². The van der Waals surface area contributed by atoms with Gasteiger partial charge in [0.25, 0.3) is 0 Å². The molecule has 0 fully saturated rings. The molecule has 3 atom stereocenters. The van der Waals surface area contributed by atoms with Crippen molar-refractivity contribution < 1.29 is 25.6 Å². The van der Waals surface area contributed by atoms with E-state index in [-0.39, 0.29) is 0 Å². The number of nitrogens with one attached hydrogen (secondary N) is 1. The fraction of sp³-hybridized carbons (Fsp3) is 0.385. The molecule has 1 aromatic carbocycles. The average Bonchev–Trinajstić information content (AvgIpc) is 2.94. The van der Waals surface area contributed by atoms with Crippen molar-refractivity contribution >= 4 is 16.7 Å². The minimum absolute atomic E-state index is 0.309. The molecule has 0 aliphatic rings. The Balaban J connectivity index is 2.34. The molecule has 8 heteroatoms. The highest BCUT2D eigenvalue weighted by Gasteiger charge is 2.25. The fourth-order valence-electron chi connectivity index (χ4n) is 1.95. The number of imidazole rings is 1. The number of hydrogen-bond donors (Lipinski definition) is 6. The predicted octanol–water partition coefficient (Wildman–Crippen LogP) is -0.491. The second-order valence-corrected chi connectivity index (χ2v) is 4.73. The summed E-state index contributed by atoms with van der Waals surface area (Å²) < 4.78 is 0. The summed E-state index contributed by atoms with van der Waals surface area (Å²) in [6, 6.07) is 4.74. The van der Waals surface area contributed by atoms with Crippen molar-refractivity contribution in [3.8, 4) is 0 Å². The second kappa shape index (κ2) is 6.19. The van der Waals surface area contributed by atoms with Gasteiger partial charge in [-0.05, 0) is 24.6 Å². The maximum absolute atomic E-state index is 9.99. The number of fused-ring (bicyclic) bond motifs is 1. The van der Waals surface area contributed by atoms with Crippen molar-refractivity contribution in [3.05, 3.63) is 29.6 Å². The molecular weight excluding hydrogens is 278 g/mol. The molecule has 0 unspecified atom stereocenters. The van der Waals surface area contributed by atoms with Crippen LogP contribution in [-0.4, -0.2) is 60.1 Å². The van der Waals surface area contributed by atoms with Crippen molar-refractivity contribution in [2.45, 2.75) is 25.2 Å². The third kappa shape index (κ3) is 3.03. The van der Waals surface area contributed by atoms with Crippen molar-refractivity contribution in [1.29, 1.82) is 0 Å². The van der Waals surface area contributed by atoms with Crippen LogP contribution in [0.5, 0.6) is 0 Å². The van der Waals surface area contributed by atoms with E-state index < -0.39 is 24.9 Å². The van der Waals surface area contributed by atoms with Crippen LogP contribution in [0.1, 0.15) is 24.4 Å². The lowest BCUT2D eigenvalue weighted by molar-refractivity contribution is -0.0776. The molecule has 0 spiro atoms.